The highest BCUT2D eigenvalue weighted by molar-refractivity contribution is 7.22. The van der Waals surface area contributed by atoms with E-state index >= 15 is 0 Å². The number of amides is 4. The standard InChI is InChI=1S/2C24H30N6O3S.C24H28N4O3S.C23H26F2N6OS/c2*1-12-6-13(2)27-24-19(12)20(26)21(34-24)22(31)28-16-7-14-4-5-18(29-23(14)33-11-16)30-8-15(10-32-3)17(25)9-30;1-3-14-10-28(11-19(14)29)17-6-5-15-8-16(12-31-20(15)9-17)27-23(30)22-21(25)18-7-4-13(2)26-24(18)32-22;1-11-2-5-14-19(27)20(33-23(14)28-11)22(32)29-13-4-6-17-12(8-13)3-7-18(30-17)31-9-15(21(24)25)16(26)10-31/h2*4-6,15-17H,7-11,25-26H2,1-3H3,(H,28,31);4-7,9,14,16,19,29H,3,8,10-12,25H2,1-2H3,(H,27,30);2-3,5,7,13,15-16,21H,4,6,8-10,26-27H2,1H3,(H,29,32)/t15-,16+,17-;15-,16-,17-;14-,16+,19-;13-,15-,16-/m0100/s1. The Kier molecular flexibility index (Phi) is 27.7. The number of hydrogen-bond acceptors (Lipinski definition) is 32. The second-order valence-corrected chi connectivity index (χ2v) is 40.1. The molecule has 12 aromatic rings. The van der Waals surface area contributed by atoms with Gasteiger partial charge < -0.3 is 110 Å². The number of aryl methyl sites for hydroxylation is 7. The first kappa shape index (κ1) is 93.2. The van der Waals surface area contributed by atoms with Crippen LogP contribution < -0.4 is 95.2 Å². The normalized spacial score (nSPS) is 22.3. The minimum absolute atomic E-state index is 0.0274. The average molecular weight is 1890 g/mol. The first-order chi connectivity index (χ1) is 63.9. The van der Waals surface area contributed by atoms with Crippen LogP contribution in [0.25, 0.3) is 40.9 Å². The van der Waals surface area contributed by atoms with Gasteiger partial charge in [-0.05, 0) is 169 Å². The van der Waals surface area contributed by atoms with E-state index in [-0.39, 0.29) is 84.4 Å². The molecule has 4 saturated heterocycles. The van der Waals surface area contributed by atoms with Crippen LogP contribution in [0.5, 0.6) is 17.5 Å². The lowest BCUT2D eigenvalue weighted by Crippen LogP contribution is -2.43. The third kappa shape index (κ3) is 20.0. The van der Waals surface area contributed by atoms with Crippen LogP contribution in [0.3, 0.4) is 0 Å². The number of pyridine rings is 7. The number of methoxy groups -OCH3 is 2. The summed E-state index contributed by atoms with van der Waals surface area (Å²) in [5, 5.41) is 25.9. The molecule has 1 aliphatic carbocycles. The lowest BCUT2D eigenvalue weighted by atomic mass is 9.91. The maximum atomic E-state index is 13.2. The summed E-state index contributed by atoms with van der Waals surface area (Å²) in [6, 6.07) is 28.7. The van der Waals surface area contributed by atoms with E-state index in [9.17, 15) is 33.1 Å². The third-order valence-corrected chi connectivity index (χ3v) is 30.7. The monoisotopic (exact) mass is 1890 g/mol. The molecule has 0 unspecified atom stereocenters. The Balaban J connectivity index is 0.000000124. The van der Waals surface area contributed by atoms with Crippen LogP contribution in [0.1, 0.15) is 120 Å². The first-order valence-electron chi connectivity index (χ1n) is 45.0. The lowest BCUT2D eigenvalue weighted by molar-refractivity contribution is 0.0803. The molecule has 0 radical (unpaired) electrons. The summed E-state index contributed by atoms with van der Waals surface area (Å²) in [5.41, 5.74) is 57.2. The van der Waals surface area contributed by atoms with Crippen LogP contribution in [0.4, 0.5) is 54.7 Å². The van der Waals surface area contributed by atoms with E-state index < -0.39 is 18.4 Å². The number of nitrogens with two attached hydrogens (primary N) is 7. The van der Waals surface area contributed by atoms with E-state index in [0.29, 0.717) is 144 Å². The first-order valence-corrected chi connectivity index (χ1v) is 48.2. The number of nitrogens with zero attached hydrogens (tertiary/aromatic N) is 11. The number of fused-ring (bicyclic) bond motifs is 8. The van der Waals surface area contributed by atoms with Gasteiger partial charge >= 0.3 is 0 Å². The van der Waals surface area contributed by atoms with Crippen molar-refractivity contribution in [3.05, 3.63) is 172 Å². The number of rotatable bonds is 18. The number of aromatic nitrogens is 7. The molecule has 4 amide bonds. The minimum Gasteiger partial charge on any atom is -0.491 e. The molecule has 0 saturated carbocycles. The molecule has 19 N–H and O–H groups in total. The van der Waals surface area contributed by atoms with Crippen molar-refractivity contribution < 1.29 is 56.7 Å². The molecule has 38 heteroatoms. The van der Waals surface area contributed by atoms with E-state index in [0.717, 1.165) is 171 Å². The molecule has 1 aromatic carbocycles. The van der Waals surface area contributed by atoms with Gasteiger partial charge in [0.25, 0.3) is 23.6 Å². The number of aliphatic hydroxyl groups is 1. The number of anilines is 8. The van der Waals surface area contributed by atoms with Gasteiger partial charge in [0.05, 0.1) is 66.1 Å². The zero-order valence-electron chi connectivity index (χ0n) is 75.8. The largest absolute Gasteiger partial charge is 0.491 e. The number of thiophene rings is 4. The second kappa shape index (κ2) is 39.5. The zero-order valence-corrected chi connectivity index (χ0v) is 79.0. The van der Waals surface area contributed by atoms with Gasteiger partial charge in [0.1, 0.15) is 81.9 Å². The van der Waals surface area contributed by atoms with Crippen molar-refractivity contribution in [2.45, 2.75) is 148 Å². The summed E-state index contributed by atoms with van der Waals surface area (Å²) >= 11 is 5.29. The fraction of sp³-hybridized carbons (Fsp3) is 0.442. The Morgan fingerprint density at radius 1 is 0.459 bits per heavy atom. The van der Waals surface area contributed by atoms with E-state index in [2.05, 4.69) is 81.0 Å². The van der Waals surface area contributed by atoms with Crippen molar-refractivity contribution in [2.24, 2.45) is 40.9 Å². The summed E-state index contributed by atoms with van der Waals surface area (Å²) in [5.74, 6) is 3.76. The van der Waals surface area contributed by atoms with Crippen LogP contribution in [-0.4, -0.2) is 218 Å². The van der Waals surface area contributed by atoms with Crippen molar-refractivity contribution in [2.75, 3.05) is 142 Å². The molecule has 12 atom stereocenters. The van der Waals surface area contributed by atoms with Gasteiger partial charge in [-0.1, -0.05) is 19.1 Å². The molecule has 702 valence electrons. The second-order valence-electron chi connectivity index (χ2n) is 36.1. The summed E-state index contributed by atoms with van der Waals surface area (Å²) < 4.78 is 54.8. The van der Waals surface area contributed by atoms with E-state index in [1.165, 1.54) is 45.3 Å². The topological polar surface area (TPSA) is 468 Å². The van der Waals surface area contributed by atoms with Crippen molar-refractivity contribution in [3.8, 4) is 17.5 Å². The fourth-order valence-electron chi connectivity index (χ4n) is 19.1. The number of alkyl halides is 2. The number of nitrogen functional groups attached to an aromatic ring is 4. The smallest absolute Gasteiger partial charge is 0.263 e. The molecule has 20 rings (SSSR count). The van der Waals surface area contributed by atoms with Gasteiger partial charge in [-0.3, -0.25) is 19.2 Å². The van der Waals surface area contributed by atoms with E-state index in [1.807, 2.05) is 119 Å². The summed E-state index contributed by atoms with van der Waals surface area (Å²) in [4.78, 5) is 97.7. The molecule has 7 aliphatic heterocycles. The summed E-state index contributed by atoms with van der Waals surface area (Å²) in [6.45, 7) is 21.4. The number of carbonyl (C=O) groups is 4. The highest BCUT2D eigenvalue weighted by Crippen LogP contribution is 2.42. The number of halogens is 2. The average Bonchev–Trinajstić information content (AvgIpc) is 1.62. The van der Waals surface area contributed by atoms with Crippen LogP contribution in [0, 0.1) is 65.2 Å². The number of β-amino-alcohol motifs (C(OH)–C–C–N with tert-alkyl or cyclic N) is 1. The minimum atomic E-state index is -2.43. The molecule has 133 heavy (non-hydrogen) atoms. The fourth-order valence-corrected chi connectivity index (χ4v) is 23.4. The zero-order chi connectivity index (χ0) is 93.6. The van der Waals surface area contributed by atoms with Gasteiger partial charge in [-0.25, -0.2) is 33.7 Å². The number of ether oxygens (including phenoxy) is 5. The Labute approximate surface area is 784 Å². The Hall–Kier alpha value is -11.6. The maximum absolute atomic E-state index is 13.2. The van der Waals surface area contributed by atoms with Gasteiger partial charge in [0.2, 0.25) is 18.2 Å². The van der Waals surface area contributed by atoms with Crippen LogP contribution in [0.15, 0.2) is 91.0 Å². The highest BCUT2D eigenvalue weighted by atomic mass is 32.1. The molecule has 0 spiro atoms. The lowest BCUT2D eigenvalue weighted by Gasteiger charge is -2.28. The van der Waals surface area contributed by atoms with Crippen LogP contribution in [-0.2, 0) is 41.6 Å². The Bertz CT molecular complexity index is 6200. The number of benzene rings is 1. The number of hydrogen-bond donors (Lipinski definition) is 12. The highest BCUT2D eigenvalue weighted by Gasteiger charge is 2.40. The molecule has 8 aliphatic rings. The van der Waals surface area contributed by atoms with Gasteiger partial charge in [0, 0.05) is 194 Å². The van der Waals surface area contributed by atoms with Crippen molar-refractivity contribution in [1.82, 2.24) is 56.2 Å². The predicted molar refractivity (Wildman–Crippen MR) is 521 cm³/mol. The summed E-state index contributed by atoms with van der Waals surface area (Å²) in [7, 11) is 3.40. The molecular weight excluding hydrogens is 1780 g/mol. The predicted octanol–water partition coefficient (Wildman–Crippen LogP) is 10.1. The third-order valence-electron chi connectivity index (χ3n) is 26.3. The van der Waals surface area contributed by atoms with Crippen molar-refractivity contribution in [1.29, 1.82) is 0 Å². The maximum Gasteiger partial charge on any atom is 0.263 e. The summed E-state index contributed by atoms with van der Waals surface area (Å²) in [6.07, 6.45) is 2.35. The Morgan fingerprint density at radius 2 is 0.872 bits per heavy atom. The van der Waals surface area contributed by atoms with E-state index in [1.54, 1.807) is 14.2 Å². The van der Waals surface area contributed by atoms with E-state index in [4.69, 9.17) is 78.8 Å². The molecular formula is C95H114F2N22O10S4. The van der Waals surface area contributed by atoms with Crippen LogP contribution in [0.2, 0.25) is 0 Å². The molecule has 18 heterocycles. The Morgan fingerprint density at radius 3 is 1.35 bits per heavy atom. The number of carbonyl (C=O) groups excluding carboxylic acids is 4. The van der Waals surface area contributed by atoms with Gasteiger partial charge in [-0.15, -0.1) is 45.3 Å². The van der Waals surface area contributed by atoms with Gasteiger partial charge in [0.15, 0.2) is 0 Å². The number of nitrogens with one attached hydrogen (secondary N) is 4. The molecule has 0 bridgehead atoms. The van der Waals surface area contributed by atoms with Crippen molar-refractivity contribution >= 4 is 156 Å². The van der Waals surface area contributed by atoms with Crippen LogP contribution >= 0.6 is 45.3 Å². The SMILES string of the molecule is CC[C@H]1CN(c2ccc3c(c2)OC[C@H](NC(=O)c2sc4nc(C)ccc4c2N)C3)C[C@@H]1O.COC[C@@H]1CN(c2ccc3c(n2)OC[C@H](NC(=O)c2sc4nc(C)cc(C)c4c2N)C3)C[C@@H]1N.COC[C@H]1CN(c2ccc3c(n2)OC[C@H](NC(=O)c2sc4nc(C)cc(C)c4c2N)C3)C[C@H]1N.Cc1ccc2c(N)c(C(=O)N[C@H]3CCc4nc(N5C[C@H](C(F)F)[C@@H](N)C5)ccc4C3)sc2n1. The molecule has 32 nitrogen and oxygen atoms in total. The number of aliphatic hydroxyl groups excluding tert-OH is 1. The van der Waals surface area contributed by atoms with Crippen molar-refractivity contribution in [3.63, 3.8) is 0 Å². The quantitative estimate of drug-likeness (QED) is 0.0380. The molecule has 11 aromatic heterocycles. The molecule has 4 fully saturated rings. The van der Waals surface area contributed by atoms with Gasteiger partial charge in [-0.2, -0.15) is 9.97 Å².